The van der Waals surface area contributed by atoms with Crippen LogP contribution in [0.25, 0.3) is 0 Å². The molecule has 0 aromatic carbocycles. The van der Waals surface area contributed by atoms with E-state index in [9.17, 15) is 14.4 Å². The first kappa shape index (κ1) is 15.5. The molecule has 2 amide bonds. The summed E-state index contributed by atoms with van der Waals surface area (Å²) in [5.74, 6) is -0.919. The number of esters is 1. The van der Waals surface area contributed by atoms with Crippen LogP contribution < -0.4 is 5.32 Å². The van der Waals surface area contributed by atoms with Crippen LogP contribution in [0.2, 0.25) is 0 Å². The summed E-state index contributed by atoms with van der Waals surface area (Å²) in [5, 5.41) is 2.80. The minimum absolute atomic E-state index is 0.104. The number of hydrogen-bond donors (Lipinski definition) is 1. The first-order valence-corrected chi connectivity index (χ1v) is 7.35. The van der Waals surface area contributed by atoms with Gasteiger partial charge in [-0.3, -0.25) is 9.59 Å². The van der Waals surface area contributed by atoms with Crippen molar-refractivity contribution in [1.29, 1.82) is 0 Å². The van der Waals surface area contributed by atoms with Crippen molar-refractivity contribution in [2.24, 2.45) is 5.92 Å². The van der Waals surface area contributed by atoms with Crippen LogP contribution in [-0.4, -0.2) is 47.4 Å². The Hall–Kier alpha value is -1.85. The smallest absolute Gasteiger partial charge is 0.332 e. The zero-order valence-electron chi connectivity index (χ0n) is 12.6. The maximum absolute atomic E-state index is 12.4. The molecule has 2 rings (SSSR count). The molecule has 6 nitrogen and oxygen atoms in total. The molecule has 1 N–H and O–H groups in total. The van der Waals surface area contributed by atoms with E-state index in [-0.39, 0.29) is 24.3 Å². The lowest BCUT2D eigenvalue weighted by Crippen LogP contribution is -2.53. The summed E-state index contributed by atoms with van der Waals surface area (Å²) < 4.78 is 5.06. The average molecular weight is 294 g/mol. The summed E-state index contributed by atoms with van der Waals surface area (Å²) in [6.45, 7) is 7.72. The molecule has 0 radical (unpaired) electrons. The molecule has 116 valence electrons. The Morgan fingerprint density at radius 3 is 2.71 bits per heavy atom. The molecule has 3 atom stereocenters. The second-order valence-electron chi connectivity index (χ2n) is 5.60. The molecule has 1 aliphatic heterocycles. The van der Waals surface area contributed by atoms with E-state index < -0.39 is 17.6 Å². The lowest BCUT2D eigenvalue weighted by Gasteiger charge is -2.25. The maximum Gasteiger partial charge on any atom is 0.332 e. The van der Waals surface area contributed by atoms with E-state index in [0.29, 0.717) is 19.4 Å². The second kappa shape index (κ2) is 5.87. The molecule has 2 fully saturated rings. The molecule has 0 bridgehead atoms. The Kier molecular flexibility index (Phi) is 4.34. The van der Waals surface area contributed by atoms with Gasteiger partial charge in [-0.2, -0.15) is 0 Å². The van der Waals surface area contributed by atoms with Gasteiger partial charge in [0, 0.05) is 19.4 Å². The average Bonchev–Trinajstić information content (AvgIpc) is 2.93. The quantitative estimate of drug-likeness (QED) is 0.596. The monoisotopic (exact) mass is 294 g/mol. The second-order valence-corrected chi connectivity index (χ2v) is 5.60. The number of ether oxygens (including phenoxy) is 1. The highest BCUT2D eigenvalue weighted by Crippen LogP contribution is 2.45. The van der Waals surface area contributed by atoms with E-state index in [1.165, 1.54) is 6.92 Å². The van der Waals surface area contributed by atoms with Crippen LogP contribution in [0.1, 0.15) is 33.1 Å². The van der Waals surface area contributed by atoms with E-state index >= 15 is 0 Å². The largest absolute Gasteiger partial charge is 0.464 e. The number of carbonyl (C=O) groups is 3. The summed E-state index contributed by atoms with van der Waals surface area (Å²) in [7, 11) is 0. The summed E-state index contributed by atoms with van der Waals surface area (Å²) >= 11 is 0. The van der Waals surface area contributed by atoms with Crippen LogP contribution in [0.4, 0.5) is 0 Å². The van der Waals surface area contributed by atoms with Crippen LogP contribution in [0.5, 0.6) is 0 Å². The lowest BCUT2D eigenvalue weighted by atomic mass is 10.1. The number of nitrogens with zero attached hydrogens (tertiary/aromatic N) is 1. The van der Waals surface area contributed by atoms with E-state index in [4.69, 9.17) is 4.74 Å². The molecular formula is C15H22N2O4. The van der Waals surface area contributed by atoms with Crippen LogP contribution in [-0.2, 0) is 19.1 Å². The fourth-order valence-corrected chi connectivity index (χ4v) is 2.98. The minimum atomic E-state index is -0.986. The summed E-state index contributed by atoms with van der Waals surface area (Å²) in [5.41, 5.74) is -0.986. The summed E-state index contributed by atoms with van der Waals surface area (Å²) in [6.07, 6.45) is 3.60. The van der Waals surface area contributed by atoms with Gasteiger partial charge in [-0.05, 0) is 26.2 Å². The zero-order chi connectivity index (χ0) is 15.6. The number of likely N-dealkylation sites (tertiary alicyclic amines) is 1. The van der Waals surface area contributed by atoms with E-state index in [1.807, 2.05) is 0 Å². The highest BCUT2D eigenvalue weighted by atomic mass is 16.5. The molecule has 0 aromatic rings. The number of rotatable bonds is 5. The van der Waals surface area contributed by atoms with Gasteiger partial charge in [0.05, 0.1) is 6.61 Å². The minimum Gasteiger partial charge on any atom is -0.464 e. The predicted octanol–water partition coefficient (Wildman–Crippen LogP) is 0.621. The normalized spacial score (nSPS) is 30.7. The van der Waals surface area contributed by atoms with Crippen LogP contribution in [0.3, 0.4) is 0 Å². The fraction of sp³-hybridized carbons (Fsp3) is 0.667. The Morgan fingerprint density at radius 2 is 2.19 bits per heavy atom. The van der Waals surface area contributed by atoms with Crippen LogP contribution in [0.15, 0.2) is 12.7 Å². The number of nitrogens with one attached hydrogen (secondary N) is 1. The highest BCUT2D eigenvalue weighted by Gasteiger charge is 2.61. The third kappa shape index (κ3) is 2.80. The molecule has 1 saturated carbocycles. The predicted molar refractivity (Wildman–Crippen MR) is 76.2 cm³/mol. The molecule has 6 heteroatoms. The van der Waals surface area contributed by atoms with Gasteiger partial charge in [-0.1, -0.05) is 6.08 Å². The Morgan fingerprint density at radius 1 is 1.48 bits per heavy atom. The van der Waals surface area contributed by atoms with Crippen molar-refractivity contribution in [3.63, 3.8) is 0 Å². The molecule has 21 heavy (non-hydrogen) atoms. The van der Waals surface area contributed by atoms with Gasteiger partial charge < -0.3 is 15.0 Å². The van der Waals surface area contributed by atoms with Crippen molar-refractivity contribution in [2.75, 3.05) is 13.2 Å². The van der Waals surface area contributed by atoms with E-state index in [0.717, 1.165) is 6.42 Å². The number of carbonyl (C=O) groups excluding carboxylic acids is 3. The zero-order valence-corrected chi connectivity index (χ0v) is 12.6. The van der Waals surface area contributed by atoms with Crippen molar-refractivity contribution in [2.45, 2.75) is 44.7 Å². The molecule has 0 unspecified atom stereocenters. The van der Waals surface area contributed by atoms with Gasteiger partial charge in [0.15, 0.2) is 0 Å². The molecular weight excluding hydrogens is 272 g/mol. The SMILES string of the molecule is C=C[C@@H]1C[C@]1(NC(=O)[C@@H]1CCCN1C(C)=O)C(=O)OCC. The van der Waals surface area contributed by atoms with Crippen molar-refractivity contribution >= 4 is 17.8 Å². The van der Waals surface area contributed by atoms with Crippen molar-refractivity contribution in [3.05, 3.63) is 12.7 Å². The Bertz CT molecular complexity index is 476. The molecule has 2 aliphatic rings. The fourth-order valence-electron chi connectivity index (χ4n) is 2.98. The first-order chi connectivity index (χ1) is 9.96. The van der Waals surface area contributed by atoms with Crippen molar-refractivity contribution in [1.82, 2.24) is 10.2 Å². The third-order valence-electron chi connectivity index (χ3n) is 4.25. The molecule has 1 aliphatic carbocycles. The summed E-state index contributed by atoms with van der Waals surface area (Å²) in [6, 6.07) is -0.486. The molecule has 0 aromatic heterocycles. The molecule has 1 heterocycles. The Labute approximate surface area is 124 Å². The highest BCUT2D eigenvalue weighted by molar-refractivity contribution is 5.95. The van der Waals surface area contributed by atoms with Gasteiger partial charge in [0.25, 0.3) is 0 Å². The van der Waals surface area contributed by atoms with E-state index in [2.05, 4.69) is 11.9 Å². The first-order valence-electron chi connectivity index (χ1n) is 7.35. The van der Waals surface area contributed by atoms with Crippen molar-refractivity contribution in [3.8, 4) is 0 Å². The number of hydrogen-bond acceptors (Lipinski definition) is 4. The number of amides is 2. The molecule has 0 spiro atoms. The van der Waals surface area contributed by atoms with Gasteiger partial charge in [0.2, 0.25) is 11.8 Å². The maximum atomic E-state index is 12.4. The standard InChI is InChI=1S/C15H22N2O4/c1-4-11-9-15(11,14(20)21-5-2)16-13(19)12-7-6-8-17(12)10(3)18/h4,11-12H,1,5-9H2,2-3H3,(H,16,19)/t11-,12+,15-/m1/s1. The Balaban J connectivity index is 2.08. The van der Waals surface area contributed by atoms with Crippen LogP contribution in [0, 0.1) is 5.92 Å². The lowest BCUT2D eigenvalue weighted by molar-refractivity contribution is -0.150. The van der Waals surface area contributed by atoms with Gasteiger partial charge in [0.1, 0.15) is 11.6 Å². The van der Waals surface area contributed by atoms with Gasteiger partial charge in [-0.25, -0.2) is 4.79 Å². The molecule has 1 saturated heterocycles. The van der Waals surface area contributed by atoms with Gasteiger partial charge >= 0.3 is 5.97 Å². The van der Waals surface area contributed by atoms with Crippen molar-refractivity contribution < 1.29 is 19.1 Å². The topological polar surface area (TPSA) is 75.7 Å². The van der Waals surface area contributed by atoms with E-state index in [1.54, 1.807) is 17.9 Å². The third-order valence-corrected chi connectivity index (χ3v) is 4.25. The van der Waals surface area contributed by atoms with Gasteiger partial charge in [-0.15, -0.1) is 6.58 Å². The summed E-state index contributed by atoms with van der Waals surface area (Å²) in [4.78, 5) is 37.6. The van der Waals surface area contributed by atoms with Crippen LogP contribution >= 0.6 is 0 Å².